The predicted octanol–water partition coefficient (Wildman–Crippen LogP) is 3.23. The van der Waals surface area contributed by atoms with E-state index in [0.717, 1.165) is 12.8 Å². The normalized spacial score (nSPS) is 23.5. The number of hydrogen-bond acceptors (Lipinski definition) is 2. The summed E-state index contributed by atoms with van der Waals surface area (Å²) in [5.41, 5.74) is -0.231. The molecule has 104 valence electrons. The van der Waals surface area contributed by atoms with Crippen molar-refractivity contribution in [1.82, 2.24) is 4.90 Å². The molecule has 2 rings (SSSR count). The number of nitrogens with zero attached hydrogens (tertiary/aromatic N) is 1. The summed E-state index contributed by atoms with van der Waals surface area (Å²) in [5, 5.41) is 0. The maximum absolute atomic E-state index is 14.0. The lowest BCUT2D eigenvalue weighted by atomic mass is 9.94. The van der Waals surface area contributed by atoms with Crippen LogP contribution in [0.5, 0.6) is 0 Å². The van der Waals surface area contributed by atoms with Crippen LogP contribution in [0.3, 0.4) is 0 Å². The third-order valence-electron chi connectivity index (χ3n) is 3.62. The maximum Gasteiger partial charge on any atom is 0.256 e. The second-order valence-corrected chi connectivity index (χ2v) is 5.94. The van der Waals surface area contributed by atoms with Crippen LogP contribution in [0.2, 0.25) is 0 Å². The van der Waals surface area contributed by atoms with Crippen LogP contribution in [0.1, 0.15) is 30.1 Å². The summed E-state index contributed by atoms with van der Waals surface area (Å²) in [6, 6.07) is 4.77. The van der Waals surface area contributed by atoms with E-state index in [9.17, 15) is 9.18 Å². The van der Waals surface area contributed by atoms with Crippen LogP contribution in [0, 0.1) is 5.82 Å². The van der Waals surface area contributed by atoms with Crippen LogP contribution >= 0.6 is 15.9 Å². The molecule has 1 aliphatic heterocycles. The molecule has 0 saturated carbocycles. The van der Waals surface area contributed by atoms with Crippen LogP contribution in [0.15, 0.2) is 22.7 Å². The van der Waals surface area contributed by atoms with Gasteiger partial charge in [-0.25, -0.2) is 4.39 Å². The first-order valence-electron chi connectivity index (χ1n) is 6.25. The Morgan fingerprint density at radius 2 is 2.26 bits per heavy atom. The Morgan fingerprint density at radius 3 is 2.95 bits per heavy atom. The van der Waals surface area contributed by atoms with Gasteiger partial charge in [0.05, 0.1) is 15.6 Å². The zero-order valence-corrected chi connectivity index (χ0v) is 12.7. The lowest BCUT2D eigenvalue weighted by molar-refractivity contribution is -0.0441. The van der Waals surface area contributed by atoms with Crippen LogP contribution in [-0.2, 0) is 4.74 Å². The first-order chi connectivity index (χ1) is 8.97. The Hall–Kier alpha value is -0.940. The van der Waals surface area contributed by atoms with E-state index in [0.29, 0.717) is 17.6 Å². The summed E-state index contributed by atoms with van der Waals surface area (Å²) >= 11 is 3.10. The van der Waals surface area contributed by atoms with E-state index in [1.165, 1.54) is 6.07 Å². The van der Waals surface area contributed by atoms with Crippen molar-refractivity contribution in [3.8, 4) is 0 Å². The number of methoxy groups -OCH3 is 1. The lowest BCUT2D eigenvalue weighted by Crippen LogP contribution is -2.49. The van der Waals surface area contributed by atoms with Crippen molar-refractivity contribution in [2.24, 2.45) is 0 Å². The van der Waals surface area contributed by atoms with Gasteiger partial charge < -0.3 is 9.64 Å². The molecule has 5 heteroatoms. The number of carbonyl (C=O) groups excluding carboxylic acids is 1. The summed E-state index contributed by atoms with van der Waals surface area (Å²) < 4.78 is 19.7. The van der Waals surface area contributed by atoms with Crippen molar-refractivity contribution in [1.29, 1.82) is 0 Å². The van der Waals surface area contributed by atoms with Gasteiger partial charge in [0.1, 0.15) is 5.82 Å². The molecule has 1 aromatic rings. The zero-order valence-electron chi connectivity index (χ0n) is 11.1. The highest BCUT2D eigenvalue weighted by molar-refractivity contribution is 9.10. The summed E-state index contributed by atoms with van der Waals surface area (Å²) in [6.45, 7) is 3.11. The van der Waals surface area contributed by atoms with E-state index < -0.39 is 5.82 Å². The quantitative estimate of drug-likeness (QED) is 0.833. The minimum Gasteiger partial charge on any atom is -0.377 e. The Balaban J connectivity index is 2.22. The fourth-order valence-corrected chi connectivity index (χ4v) is 2.75. The molecule has 0 radical (unpaired) electrons. The molecular formula is C14H17BrFNO2. The molecule has 0 bridgehead atoms. The molecule has 1 aromatic carbocycles. The Kier molecular flexibility index (Phi) is 4.26. The van der Waals surface area contributed by atoms with E-state index in [1.54, 1.807) is 24.1 Å². The molecular weight excluding hydrogens is 313 g/mol. The molecule has 0 aromatic heterocycles. The molecule has 0 aliphatic carbocycles. The number of benzene rings is 1. The highest BCUT2D eigenvalue weighted by atomic mass is 79.9. The van der Waals surface area contributed by atoms with Crippen LogP contribution in [-0.4, -0.2) is 36.6 Å². The molecule has 1 aliphatic rings. The molecule has 1 saturated heterocycles. The average Bonchev–Trinajstić information content (AvgIpc) is 2.41. The summed E-state index contributed by atoms with van der Waals surface area (Å²) in [4.78, 5) is 14.1. The van der Waals surface area contributed by atoms with Crippen LogP contribution in [0.25, 0.3) is 0 Å². The number of ether oxygens (including phenoxy) is 1. The topological polar surface area (TPSA) is 29.5 Å². The number of amides is 1. The molecule has 3 nitrogen and oxygen atoms in total. The molecule has 1 unspecified atom stereocenters. The number of hydrogen-bond donors (Lipinski definition) is 0. The number of piperidine rings is 1. The van der Waals surface area contributed by atoms with Gasteiger partial charge in [-0.2, -0.15) is 0 Å². The first-order valence-corrected chi connectivity index (χ1v) is 7.04. The number of likely N-dealkylation sites (tertiary alicyclic amines) is 1. The summed E-state index contributed by atoms with van der Waals surface area (Å²) in [5.74, 6) is -0.779. The number of rotatable bonds is 2. The van der Waals surface area contributed by atoms with Gasteiger partial charge in [0.2, 0.25) is 0 Å². The third-order valence-corrected chi connectivity index (χ3v) is 4.23. The molecule has 1 fully saturated rings. The van der Waals surface area contributed by atoms with Crippen molar-refractivity contribution >= 4 is 21.8 Å². The van der Waals surface area contributed by atoms with Gasteiger partial charge in [-0.1, -0.05) is 6.07 Å². The summed E-state index contributed by atoms with van der Waals surface area (Å²) in [7, 11) is 1.65. The average molecular weight is 330 g/mol. The predicted molar refractivity (Wildman–Crippen MR) is 74.7 cm³/mol. The third kappa shape index (κ3) is 2.98. The SMILES string of the molecule is COC1(C)CCCN(C(=O)c2cccc(Br)c2F)C1. The lowest BCUT2D eigenvalue weighted by Gasteiger charge is -2.39. The van der Waals surface area contributed by atoms with Gasteiger partial charge in [-0.3, -0.25) is 4.79 Å². The second kappa shape index (κ2) is 5.59. The van der Waals surface area contributed by atoms with Crippen molar-refractivity contribution in [2.75, 3.05) is 20.2 Å². The van der Waals surface area contributed by atoms with E-state index in [-0.39, 0.29) is 17.1 Å². The van der Waals surface area contributed by atoms with Crippen molar-refractivity contribution in [3.05, 3.63) is 34.1 Å². The zero-order chi connectivity index (χ0) is 14.0. The first kappa shape index (κ1) is 14.5. The fraction of sp³-hybridized carbons (Fsp3) is 0.500. The Bertz CT molecular complexity index is 494. The molecule has 19 heavy (non-hydrogen) atoms. The molecule has 1 atom stereocenters. The van der Waals surface area contributed by atoms with Crippen molar-refractivity contribution < 1.29 is 13.9 Å². The van der Waals surface area contributed by atoms with Gasteiger partial charge in [0, 0.05) is 20.2 Å². The maximum atomic E-state index is 14.0. The van der Waals surface area contributed by atoms with E-state index in [4.69, 9.17) is 4.74 Å². The fourth-order valence-electron chi connectivity index (χ4n) is 2.38. The minimum absolute atomic E-state index is 0.106. The van der Waals surface area contributed by atoms with Gasteiger partial charge >= 0.3 is 0 Å². The van der Waals surface area contributed by atoms with Gasteiger partial charge in [0.25, 0.3) is 5.91 Å². The second-order valence-electron chi connectivity index (χ2n) is 5.09. The van der Waals surface area contributed by atoms with E-state index in [1.807, 2.05) is 6.92 Å². The standard InChI is InChI=1S/C14H17BrFNO2/c1-14(19-2)7-4-8-17(9-14)13(18)10-5-3-6-11(15)12(10)16/h3,5-6H,4,7-9H2,1-2H3. The number of carbonyl (C=O) groups is 1. The highest BCUT2D eigenvalue weighted by Crippen LogP contribution is 2.26. The van der Waals surface area contributed by atoms with Gasteiger partial charge in [0.15, 0.2) is 0 Å². The van der Waals surface area contributed by atoms with Crippen LogP contribution in [0.4, 0.5) is 4.39 Å². The summed E-state index contributed by atoms with van der Waals surface area (Å²) in [6.07, 6.45) is 1.78. The smallest absolute Gasteiger partial charge is 0.256 e. The molecule has 0 spiro atoms. The van der Waals surface area contributed by atoms with Crippen molar-refractivity contribution in [3.63, 3.8) is 0 Å². The molecule has 0 N–H and O–H groups in total. The van der Waals surface area contributed by atoms with E-state index >= 15 is 0 Å². The van der Waals surface area contributed by atoms with Crippen LogP contribution < -0.4 is 0 Å². The molecule has 1 amide bonds. The Morgan fingerprint density at radius 1 is 1.53 bits per heavy atom. The monoisotopic (exact) mass is 329 g/mol. The largest absolute Gasteiger partial charge is 0.377 e. The van der Waals surface area contributed by atoms with Gasteiger partial charge in [-0.15, -0.1) is 0 Å². The minimum atomic E-state index is -0.503. The Labute approximate surface area is 120 Å². The van der Waals surface area contributed by atoms with Gasteiger partial charge in [-0.05, 0) is 47.8 Å². The van der Waals surface area contributed by atoms with E-state index in [2.05, 4.69) is 15.9 Å². The molecule has 1 heterocycles. The van der Waals surface area contributed by atoms with Crippen molar-refractivity contribution in [2.45, 2.75) is 25.4 Å². The number of halogens is 2. The highest BCUT2D eigenvalue weighted by Gasteiger charge is 2.34.